The van der Waals surface area contributed by atoms with Gasteiger partial charge in [-0.3, -0.25) is 4.79 Å². The van der Waals surface area contributed by atoms with Gasteiger partial charge in [0, 0.05) is 25.2 Å². The summed E-state index contributed by atoms with van der Waals surface area (Å²) in [5, 5.41) is 9.15. The van der Waals surface area contributed by atoms with Crippen molar-refractivity contribution in [3.8, 4) is 0 Å². The maximum atomic E-state index is 11.8. The fourth-order valence-corrected chi connectivity index (χ4v) is 2.18. The molecule has 0 radical (unpaired) electrons. The number of ether oxygens (including phenoxy) is 2. The highest BCUT2D eigenvalue weighted by atomic mass is 16.5. The molecule has 1 aliphatic rings. The van der Waals surface area contributed by atoms with Crippen molar-refractivity contribution >= 4 is 11.9 Å². The number of carbonyl (C=O) groups excluding carboxylic acids is 1. The molecule has 0 aliphatic carbocycles. The number of nitrogens with zero attached hydrogens (tertiary/aromatic N) is 1. The topological polar surface area (TPSA) is 84.0 Å². The molecule has 7 heteroatoms. The van der Waals surface area contributed by atoms with E-state index in [4.69, 9.17) is 9.47 Å². The lowest BCUT2D eigenvalue weighted by molar-refractivity contribution is -0.121. The third-order valence-electron chi connectivity index (χ3n) is 3.11. The molecule has 7 nitrogen and oxygen atoms in total. The quantitative estimate of drug-likeness (QED) is 0.346. The van der Waals surface area contributed by atoms with Crippen LogP contribution >= 0.6 is 0 Å². The SMILES string of the molecule is CCNC(=NCC(=O)NC(C)(C)C)NCCOCC1CCCO1. The van der Waals surface area contributed by atoms with Crippen molar-refractivity contribution in [2.75, 3.05) is 39.5 Å². The normalized spacial score (nSPS) is 18.8. The zero-order valence-electron chi connectivity index (χ0n) is 14.9. The second-order valence-electron chi connectivity index (χ2n) is 6.63. The summed E-state index contributed by atoms with van der Waals surface area (Å²) >= 11 is 0. The van der Waals surface area contributed by atoms with Gasteiger partial charge in [0.25, 0.3) is 0 Å². The van der Waals surface area contributed by atoms with Crippen LogP contribution in [0.3, 0.4) is 0 Å². The Kier molecular flexibility index (Phi) is 8.94. The monoisotopic (exact) mass is 328 g/mol. The van der Waals surface area contributed by atoms with Crippen LogP contribution in [0.1, 0.15) is 40.5 Å². The van der Waals surface area contributed by atoms with E-state index in [0.29, 0.717) is 25.7 Å². The number of carbonyl (C=O) groups is 1. The highest BCUT2D eigenvalue weighted by molar-refractivity contribution is 5.85. The molecule has 0 aromatic carbocycles. The van der Waals surface area contributed by atoms with Gasteiger partial charge in [0.1, 0.15) is 6.54 Å². The first-order valence-corrected chi connectivity index (χ1v) is 8.43. The van der Waals surface area contributed by atoms with E-state index in [0.717, 1.165) is 26.0 Å². The summed E-state index contributed by atoms with van der Waals surface area (Å²) in [6, 6.07) is 0. The molecule has 1 unspecified atom stereocenters. The molecule has 1 rings (SSSR count). The van der Waals surface area contributed by atoms with Gasteiger partial charge < -0.3 is 25.4 Å². The number of rotatable bonds is 8. The van der Waals surface area contributed by atoms with Crippen LogP contribution < -0.4 is 16.0 Å². The molecule has 1 fully saturated rings. The molecule has 3 N–H and O–H groups in total. The lowest BCUT2D eigenvalue weighted by Crippen LogP contribution is -2.43. The minimum Gasteiger partial charge on any atom is -0.377 e. The second kappa shape index (κ2) is 10.4. The van der Waals surface area contributed by atoms with Crippen LogP contribution in [-0.2, 0) is 14.3 Å². The number of hydrogen-bond donors (Lipinski definition) is 3. The van der Waals surface area contributed by atoms with Gasteiger partial charge in [-0.1, -0.05) is 0 Å². The number of hydrogen-bond acceptors (Lipinski definition) is 4. The zero-order valence-corrected chi connectivity index (χ0v) is 14.9. The minimum atomic E-state index is -0.242. The minimum absolute atomic E-state index is 0.0932. The molecule has 0 bridgehead atoms. The maximum absolute atomic E-state index is 11.8. The summed E-state index contributed by atoms with van der Waals surface area (Å²) in [6.07, 6.45) is 2.46. The summed E-state index contributed by atoms with van der Waals surface area (Å²) < 4.78 is 11.1. The van der Waals surface area contributed by atoms with Crippen LogP contribution in [-0.4, -0.2) is 63.0 Å². The van der Waals surface area contributed by atoms with Gasteiger partial charge in [0.2, 0.25) is 5.91 Å². The lowest BCUT2D eigenvalue weighted by atomic mass is 10.1. The molecule has 1 saturated heterocycles. The Hall–Kier alpha value is -1.34. The van der Waals surface area contributed by atoms with Crippen molar-refractivity contribution < 1.29 is 14.3 Å². The smallest absolute Gasteiger partial charge is 0.242 e. The van der Waals surface area contributed by atoms with Crippen LogP contribution in [0.15, 0.2) is 4.99 Å². The first-order valence-electron chi connectivity index (χ1n) is 8.43. The molecule has 134 valence electrons. The average Bonchev–Trinajstić information content (AvgIpc) is 2.95. The molecule has 1 atom stereocenters. The van der Waals surface area contributed by atoms with Crippen LogP contribution in [0.4, 0.5) is 0 Å². The Labute approximate surface area is 139 Å². The highest BCUT2D eigenvalue weighted by Crippen LogP contribution is 2.11. The van der Waals surface area contributed by atoms with Crippen LogP contribution in [0.5, 0.6) is 0 Å². The predicted molar refractivity (Wildman–Crippen MR) is 91.7 cm³/mol. The van der Waals surface area contributed by atoms with Gasteiger partial charge in [-0.05, 0) is 40.5 Å². The van der Waals surface area contributed by atoms with E-state index in [9.17, 15) is 4.79 Å². The zero-order chi connectivity index (χ0) is 17.1. The Bertz CT molecular complexity index is 374. The van der Waals surface area contributed by atoms with Crippen molar-refractivity contribution in [3.05, 3.63) is 0 Å². The summed E-state index contributed by atoms with van der Waals surface area (Å²) in [6.45, 7) is 11.4. The van der Waals surface area contributed by atoms with Gasteiger partial charge in [-0.15, -0.1) is 0 Å². The van der Waals surface area contributed by atoms with E-state index in [1.807, 2.05) is 27.7 Å². The molecule has 1 heterocycles. The van der Waals surface area contributed by atoms with Gasteiger partial charge in [0.05, 0.1) is 19.3 Å². The summed E-state index contributed by atoms with van der Waals surface area (Å²) in [7, 11) is 0. The molecule has 23 heavy (non-hydrogen) atoms. The highest BCUT2D eigenvalue weighted by Gasteiger charge is 2.15. The van der Waals surface area contributed by atoms with Crippen molar-refractivity contribution in [2.24, 2.45) is 4.99 Å². The Morgan fingerprint density at radius 3 is 2.74 bits per heavy atom. The van der Waals surface area contributed by atoms with Crippen molar-refractivity contribution in [3.63, 3.8) is 0 Å². The third kappa shape index (κ3) is 10.1. The first-order chi connectivity index (χ1) is 10.9. The molecule has 1 amide bonds. The fraction of sp³-hybridized carbons (Fsp3) is 0.875. The van der Waals surface area contributed by atoms with E-state index < -0.39 is 0 Å². The Balaban J connectivity index is 2.21. The van der Waals surface area contributed by atoms with E-state index in [2.05, 4.69) is 20.9 Å². The maximum Gasteiger partial charge on any atom is 0.242 e. The van der Waals surface area contributed by atoms with Crippen molar-refractivity contribution in [1.82, 2.24) is 16.0 Å². The first kappa shape index (κ1) is 19.7. The second-order valence-corrected chi connectivity index (χ2v) is 6.63. The van der Waals surface area contributed by atoms with Gasteiger partial charge in [-0.2, -0.15) is 0 Å². The standard InChI is InChI=1S/C16H32N4O3/c1-5-17-15(19-11-14(21)20-16(2,3)4)18-8-10-22-12-13-7-6-9-23-13/h13H,5-12H2,1-4H3,(H,20,21)(H2,17,18,19). The third-order valence-corrected chi connectivity index (χ3v) is 3.11. The average molecular weight is 328 g/mol. The molecule has 0 spiro atoms. The fourth-order valence-electron chi connectivity index (χ4n) is 2.18. The predicted octanol–water partition coefficient (Wildman–Crippen LogP) is 0.652. The summed E-state index contributed by atoms with van der Waals surface area (Å²) in [5.41, 5.74) is -0.242. The lowest BCUT2D eigenvalue weighted by Gasteiger charge is -2.20. The number of aliphatic imine (C=N–C) groups is 1. The molecular formula is C16H32N4O3. The van der Waals surface area contributed by atoms with Crippen LogP contribution in [0.2, 0.25) is 0 Å². The molecular weight excluding hydrogens is 296 g/mol. The molecule has 0 aromatic rings. The van der Waals surface area contributed by atoms with E-state index >= 15 is 0 Å². The molecule has 0 saturated carbocycles. The molecule has 0 aromatic heterocycles. The number of guanidine groups is 1. The number of nitrogens with one attached hydrogen (secondary N) is 3. The Morgan fingerprint density at radius 1 is 1.35 bits per heavy atom. The largest absolute Gasteiger partial charge is 0.377 e. The van der Waals surface area contributed by atoms with Gasteiger partial charge >= 0.3 is 0 Å². The summed E-state index contributed by atoms with van der Waals surface area (Å²) in [4.78, 5) is 16.1. The van der Waals surface area contributed by atoms with Gasteiger partial charge in [-0.25, -0.2) is 4.99 Å². The van der Waals surface area contributed by atoms with Crippen molar-refractivity contribution in [1.29, 1.82) is 0 Å². The number of amides is 1. The Morgan fingerprint density at radius 2 is 2.13 bits per heavy atom. The van der Waals surface area contributed by atoms with E-state index in [-0.39, 0.29) is 24.1 Å². The van der Waals surface area contributed by atoms with Crippen molar-refractivity contribution in [2.45, 2.75) is 52.2 Å². The summed E-state index contributed by atoms with van der Waals surface area (Å²) in [5.74, 6) is 0.529. The molecule has 1 aliphatic heterocycles. The van der Waals surface area contributed by atoms with E-state index in [1.54, 1.807) is 0 Å². The van der Waals surface area contributed by atoms with Crippen LogP contribution in [0, 0.1) is 0 Å². The van der Waals surface area contributed by atoms with E-state index in [1.165, 1.54) is 0 Å². The van der Waals surface area contributed by atoms with Crippen LogP contribution in [0.25, 0.3) is 0 Å². The van der Waals surface area contributed by atoms with Gasteiger partial charge in [0.15, 0.2) is 5.96 Å².